The highest BCUT2D eigenvalue weighted by atomic mass is 35.5. The van der Waals surface area contributed by atoms with Gasteiger partial charge in [0.25, 0.3) is 5.91 Å². The quantitative estimate of drug-likeness (QED) is 0.266. The van der Waals surface area contributed by atoms with Crippen LogP contribution in [0, 0.1) is 5.92 Å². The molecule has 0 spiro atoms. The number of hydrogen-bond acceptors (Lipinski definition) is 5. The second-order valence-electron chi connectivity index (χ2n) is 10.1. The van der Waals surface area contributed by atoms with Gasteiger partial charge in [-0.3, -0.25) is 4.79 Å². The first kappa shape index (κ1) is 27.5. The molecule has 1 amide bonds. The van der Waals surface area contributed by atoms with Gasteiger partial charge in [-0.1, -0.05) is 79.5 Å². The lowest BCUT2D eigenvalue weighted by Gasteiger charge is -2.39. The number of hydrogen-bond donors (Lipinski definition) is 1. The Balaban J connectivity index is 1.38. The molecule has 1 saturated carbocycles. The van der Waals surface area contributed by atoms with Crippen molar-refractivity contribution in [3.63, 3.8) is 0 Å². The van der Waals surface area contributed by atoms with Crippen LogP contribution in [-0.2, 0) is 11.4 Å². The zero-order valence-electron chi connectivity index (χ0n) is 22.4. The molecule has 3 aromatic rings. The van der Waals surface area contributed by atoms with Crippen molar-refractivity contribution in [2.24, 2.45) is 5.92 Å². The summed E-state index contributed by atoms with van der Waals surface area (Å²) in [5.41, 5.74) is 2.79. The van der Waals surface area contributed by atoms with Gasteiger partial charge in [-0.2, -0.15) is 0 Å². The molecule has 1 aliphatic carbocycles. The minimum atomic E-state index is -0.148. The number of rotatable bonds is 9. The summed E-state index contributed by atoms with van der Waals surface area (Å²) in [4.78, 5) is 16.7. The summed E-state index contributed by atoms with van der Waals surface area (Å²) >= 11 is 7.59. The Labute approximate surface area is 240 Å². The van der Waals surface area contributed by atoms with Crippen LogP contribution in [0.4, 0.5) is 5.69 Å². The Morgan fingerprint density at radius 3 is 2.51 bits per heavy atom. The van der Waals surface area contributed by atoms with Gasteiger partial charge in [0.05, 0.1) is 11.5 Å². The van der Waals surface area contributed by atoms with Crippen LogP contribution in [0.25, 0.3) is 6.08 Å². The Hall–Kier alpha value is -3.09. The van der Waals surface area contributed by atoms with E-state index >= 15 is 0 Å². The SMILES string of the molecule is CCOc1cc(/C=C2\SC(Nc3ccccc3)N([C@H]3CCCC[C@@H]3C)C2=O)ccc1OCc1ccc(Cl)cc1. The van der Waals surface area contributed by atoms with Crippen LogP contribution in [-0.4, -0.2) is 29.0 Å². The highest BCUT2D eigenvalue weighted by molar-refractivity contribution is 8.05. The van der Waals surface area contributed by atoms with Crippen LogP contribution < -0.4 is 14.8 Å². The molecule has 2 aliphatic rings. The first-order chi connectivity index (χ1) is 19.0. The van der Waals surface area contributed by atoms with E-state index in [4.69, 9.17) is 21.1 Å². The van der Waals surface area contributed by atoms with Gasteiger partial charge >= 0.3 is 0 Å². The number of thioether (sulfide) groups is 1. The molecule has 204 valence electrons. The summed E-state index contributed by atoms with van der Waals surface area (Å²) in [6.45, 7) is 5.16. The average Bonchev–Trinajstić information content (AvgIpc) is 3.24. The van der Waals surface area contributed by atoms with E-state index in [1.54, 1.807) is 11.8 Å². The van der Waals surface area contributed by atoms with E-state index in [1.807, 2.05) is 85.8 Å². The van der Waals surface area contributed by atoms with Gasteiger partial charge in [0.1, 0.15) is 6.61 Å². The third-order valence-corrected chi connectivity index (χ3v) is 8.66. The largest absolute Gasteiger partial charge is 0.490 e. The van der Waals surface area contributed by atoms with Crippen LogP contribution in [0.15, 0.2) is 77.7 Å². The van der Waals surface area contributed by atoms with Crippen molar-refractivity contribution < 1.29 is 14.3 Å². The fourth-order valence-corrected chi connectivity index (χ4v) is 6.60. The highest BCUT2D eigenvalue weighted by Crippen LogP contribution is 2.42. The topological polar surface area (TPSA) is 50.8 Å². The molecule has 0 radical (unpaired) electrons. The number of anilines is 1. The molecule has 5 nitrogen and oxygen atoms in total. The van der Waals surface area contributed by atoms with Crippen molar-refractivity contribution in [1.82, 2.24) is 4.90 Å². The minimum Gasteiger partial charge on any atom is -0.490 e. The predicted molar refractivity (Wildman–Crippen MR) is 161 cm³/mol. The van der Waals surface area contributed by atoms with Crippen molar-refractivity contribution in [3.05, 3.63) is 93.9 Å². The minimum absolute atomic E-state index is 0.0909. The van der Waals surface area contributed by atoms with Gasteiger partial charge in [0, 0.05) is 16.8 Å². The lowest BCUT2D eigenvalue weighted by molar-refractivity contribution is -0.129. The Morgan fingerprint density at radius 1 is 1.00 bits per heavy atom. The molecule has 1 saturated heterocycles. The maximum atomic E-state index is 13.8. The monoisotopic (exact) mass is 562 g/mol. The number of para-hydroxylation sites is 1. The van der Waals surface area contributed by atoms with Gasteiger partial charge in [-0.25, -0.2) is 0 Å². The lowest BCUT2D eigenvalue weighted by atomic mass is 9.85. The van der Waals surface area contributed by atoms with Crippen molar-refractivity contribution in [2.45, 2.75) is 57.7 Å². The molecule has 1 heterocycles. The summed E-state index contributed by atoms with van der Waals surface area (Å²) in [5.74, 6) is 1.89. The fourth-order valence-electron chi connectivity index (χ4n) is 5.26. The molecule has 39 heavy (non-hydrogen) atoms. The maximum Gasteiger partial charge on any atom is 0.262 e. The second-order valence-corrected chi connectivity index (χ2v) is 11.6. The van der Waals surface area contributed by atoms with Crippen LogP contribution in [0.2, 0.25) is 5.02 Å². The molecular formula is C32H35ClN2O3S. The maximum absolute atomic E-state index is 13.8. The third-order valence-electron chi connectivity index (χ3n) is 7.30. The Morgan fingerprint density at radius 2 is 1.77 bits per heavy atom. The average molecular weight is 563 g/mol. The number of nitrogens with zero attached hydrogens (tertiary/aromatic N) is 1. The first-order valence-electron chi connectivity index (χ1n) is 13.7. The van der Waals surface area contributed by atoms with Crippen LogP contribution >= 0.6 is 23.4 Å². The fraction of sp³-hybridized carbons (Fsp3) is 0.344. The predicted octanol–water partition coefficient (Wildman–Crippen LogP) is 8.21. The Bertz CT molecular complexity index is 1300. The molecule has 0 aromatic heterocycles. The van der Waals surface area contributed by atoms with Crippen molar-refractivity contribution >= 4 is 41.0 Å². The van der Waals surface area contributed by atoms with E-state index in [1.165, 1.54) is 6.42 Å². The number of halogens is 1. The molecule has 7 heteroatoms. The van der Waals surface area contributed by atoms with Crippen LogP contribution in [0.5, 0.6) is 11.5 Å². The second kappa shape index (κ2) is 12.8. The molecule has 3 atom stereocenters. The Kier molecular flexibility index (Phi) is 9.05. The number of benzene rings is 3. The standard InChI is InChI=1S/C32H35ClN2O3S/c1-3-37-29-19-24(15-18-28(29)38-21-23-13-16-25(33)17-14-23)20-30-31(36)35(27-12-8-7-9-22(27)2)32(39-30)34-26-10-5-4-6-11-26/h4-6,10-11,13-20,22,27,32,34H,3,7-9,12,21H2,1-2H3/b30-20-/t22-,27-,32?/m0/s1. The molecule has 1 N–H and O–H groups in total. The van der Waals surface area contributed by atoms with E-state index < -0.39 is 0 Å². The normalized spacial score (nSPS) is 22.2. The molecule has 1 aliphatic heterocycles. The lowest BCUT2D eigenvalue weighted by Crippen LogP contribution is -2.48. The number of ether oxygens (including phenoxy) is 2. The summed E-state index contributed by atoms with van der Waals surface area (Å²) in [5, 5.41) is 4.30. The molecular weight excluding hydrogens is 528 g/mol. The molecule has 2 fully saturated rings. The van der Waals surface area contributed by atoms with Gasteiger partial charge in [-0.15, -0.1) is 0 Å². The molecule has 3 aromatic carbocycles. The summed E-state index contributed by atoms with van der Waals surface area (Å²) < 4.78 is 12.0. The van der Waals surface area contributed by atoms with E-state index in [2.05, 4.69) is 17.1 Å². The van der Waals surface area contributed by atoms with Crippen molar-refractivity contribution in [1.29, 1.82) is 0 Å². The van der Waals surface area contributed by atoms with E-state index in [0.717, 1.165) is 41.0 Å². The van der Waals surface area contributed by atoms with Gasteiger partial charge in [0.2, 0.25) is 0 Å². The third kappa shape index (κ3) is 6.74. The summed E-state index contributed by atoms with van der Waals surface area (Å²) in [6.07, 6.45) is 6.58. The number of carbonyl (C=O) groups excluding carboxylic acids is 1. The zero-order chi connectivity index (χ0) is 27.2. The first-order valence-corrected chi connectivity index (χ1v) is 14.9. The summed E-state index contributed by atoms with van der Waals surface area (Å²) in [6, 6.07) is 23.8. The number of amides is 1. The van der Waals surface area contributed by atoms with Crippen molar-refractivity contribution in [2.75, 3.05) is 11.9 Å². The van der Waals surface area contributed by atoms with Crippen molar-refractivity contribution in [3.8, 4) is 11.5 Å². The van der Waals surface area contributed by atoms with Gasteiger partial charge in [0.15, 0.2) is 17.0 Å². The van der Waals surface area contributed by atoms with Gasteiger partial charge < -0.3 is 19.7 Å². The van der Waals surface area contributed by atoms with E-state index in [9.17, 15) is 4.79 Å². The molecule has 0 bridgehead atoms. The number of carbonyl (C=O) groups is 1. The molecule has 1 unspecified atom stereocenters. The highest BCUT2D eigenvalue weighted by Gasteiger charge is 2.42. The molecule has 5 rings (SSSR count). The smallest absolute Gasteiger partial charge is 0.262 e. The van der Waals surface area contributed by atoms with E-state index in [0.29, 0.717) is 35.7 Å². The van der Waals surface area contributed by atoms with Crippen LogP contribution in [0.3, 0.4) is 0 Å². The van der Waals surface area contributed by atoms with Crippen LogP contribution in [0.1, 0.15) is 50.7 Å². The van der Waals surface area contributed by atoms with Gasteiger partial charge in [-0.05, 0) is 79.3 Å². The zero-order valence-corrected chi connectivity index (χ0v) is 24.0. The van der Waals surface area contributed by atoms with E-state index in [-0.39, 0.29) is 17.4 Å². The summed E-state index contributed by atoms with van der Waals surface area (Å²) in [7, 11) is 0. The number of nitrogens with one attached hydrogen (secondary N) is 1.